The number of carboxylic acids is 1. The number of aryl methyl sites for hydroxylation is 1. The number of benzene rings is 1. The minimum atomic E-state index is -0.926. The predicted octanol–water partition coefficient (Wildman–Crippen LogP) is 2.31. The fraction of sp³-hybridized carbons (Fsp3) is 0.231. The number of aromatic carboxylic acids is 1. The largest absolute Gasteiger partial charge is 0.478 e. The SMILES string of the molecule is CCNc1cc(C)nn1-c1ccc(C(=O)O)cc1. The molecular weight excluding hydrogens is 230 g/mol. The first-order valence-electron chi connectivity index (χ1n) is 5.76. The molecule has 0 aliphatic rings. The molecule has 2 aromatic rings. The van der Waals surface area contributed by atoms with Crippen LogP contribution >= 0.6 is 0 Å². The highest BCUT2D eigenvalue weighted by Crippen LogP contribution is 2.17. The minimum absolute atomic E-state index is 0.271. The number of carboxylic acid groups (broad SMARTS) is 1. The fourth-order valence-corrected chi connectivity index (χ4v) is 1.75. The van der Waals surface area contributed by atoms with Crippen molar-refractivity contribution >= 4 is 11.8 Å². The van der Waals surface area contributed by atoms with Gasteiger partial charge in [-0.25, -0.2) is 9.48 Å². The van der Waals surface area contributed by atoms with Crippen molar-refractivity contribution in [2.45, 2.75) is 13.8 Å². The molecule has 0 saturated carbocycles. The molecule has 0 unspecified atom stereocenters. The molecule has 5 nitrogen and oxygen atoms in total. The summed E-state index contributed by atoms with van der Waals surface area (Å²) in [7, 11) is 0. The van der Waals surface area contributed by atoms with Gasteiger partial charge in [-0.1, -0.05) is 0 Å². The molecule has 0 spiro atoms. The van der Waals surface area contributed by atoms with Gasteiger partial charge >= 0.3 is 5.97 Å². The Balaban J connectivity index is 2.38. The Morgan fingerprint density at radius 3 is 2.61 bits per heavy atom. The number of carbonyl (C=O) groups is 1. The van der Waals surface area contributed by atoms with Gasteiger partial charge in [0.15, 0.2) is 0 Å². The molecule has 0 amide bonds. The maximum absolute atomic E-state index is 10.8. The van der Waals surface area contributed by atoms with Gasteiger partial charge in [-0.15, -0.1) is 0 Å². The lowest BCUT2D eigenvalue weighted by atomic mass is 10.2. The lowest BCUT2D eigenvalue weighted by Gasteiger charge is -2.08. The third-order valence-corrected chi connectivity index (χ3v) is 2.55. The smallest absolute Gasteiger partial charge is 0.335 e. The number of hydrogen-bond donors (Lipinski definition) is 2. The Kier molecular flexibility index (Phi) is 3.32. The normalized spacial score (nSPS) is 10.3. The summed E-state index contributed by atoms with van der Waals surface area (Å²) in [5, 5.41) is 16.5. The molecule has 2 N–H and O–H groups in total. The Morgan fingerprint density at radius 2 is 2.06 bits per heavy atom. The lowest BCUT2D eigenvalue weighted by molar-refractivity contribution is 0.0697. The molecule has 1 aromatic heterocycles. The molecular formula is C13H15N3O2. The number of nitrogens with zero attached hydrogens (tertiary/aromatic N) is 2. The van der Waals surface area contributed by atoms with Gasteiger partial charge in [0.1, 0.15) is 5.82 Å². The molecule has 0 aliphatic carbocycles. The molecule has 0 radical (unpaired) electrons. The van der Waals surface area contributed by atoms with E-state index in [1.54, 1.807) is 28.9 Å². The Hall–Kier alpha value is -2.30. The monoisotopic (exact) mass is 245 g/mol. The van der Waals surface area contributed by atoms with E-state index in [0.717, 1.165) is 23.7 Å². The van der Waals surface area contributed by atoms with Crippen LogP contribution in [0.25, 0.3) is 5.69 Å². The van der Waals surface area contributed by atoms with Crippen LogP contribution in [0.3, 0.4) is 0 Å². The van der Waals surface area contributed by atoms with Gasteiger partial charge in [-0.05, 0) is 38.1 Å². The molecule has 0 atom stereocenters. The Labute approximate surface area is 105 Å². The van der Waals surface area contributed by atoms with Crippen LogP contribution in [0.15, 0.2) is 30.3 Å². The quantitative estimate of drug-likeness (QED) is 0.867. The van der Waals surface area contributed by atoms with E-state index < -0.39 is 5.97 Å². The topological polar surface area (TPSA) is 67.2 Å². The molecule has 0 fully saturated rings. The van der Waals surface area contributed by atoms with Crippen LogP contribution in [0, 0.1) is 6.92 Å². The summed E-state index contributed by atoms with van der Waals surface area (Å²) in [6.07, 6.45) is 0. The second kappa shape index (κ2) is 4.91. The standard InChI is InChI=1S/C13H15N3O2/c1-3-14-12-8-9(2)15-16(12)11-6-4-10(5-7-11)13(17)18/h4-8,14H,3H2,1-2H3,(H,17,18). The molecule has 0 bridgehead atoms. The molecule has 2 rings (SSSR count). The molecule has 0 aliphatic heterocycles. The third-order valence-electron chi connectivity index (χ3n) is 2.55. The predicted molar refractivity (Wildman–Crippen MR) is 69.4 cm³/mol. The average molecular weight is 245 g/mol. The van der Waals surface area contributed by atoms with Crippen LogP contribution in [0.2, 0.25) is 0 Å². The summed E-state index contributed by atoms with van der Waals surface area (Å²) in [6, 6.07) is 8.59. The third kappa shape index (κ3) is 2.34. The zero-order chi connectivity index (χ0) is 13.1. The van der Waals surface area contributed by atoms with Gasteiger partial charge in [-0.3, -0.25) is 0 Å². The summed E-state index contributed by atoms with van der Waals surface area (Å²) < 4.78 is 1.77. The van der Waals surface area contributed by atoms with Gasteiger partial charge < -0.3 is 10.4 Å². The summed E-state index contributed by atoms with van der Waals surface area (Å²) in [5.74, 6) is -0.0248. The molecule has 0 saturated heterocycles. The first-order chi connectivity index (χ1) is 8.61. The van der Waals surface area contributed by atoms with Crippen molar-refractivity contribution in [2.24, 2.45) is 0 Å². The van der Waals surface area contributed by atoms with E-state index in [0.29, 0.717) is 0 Å². The summed E-state index contributed by atoms with van der Waals surface area (Å²) in [6.45, 7) is 4.74. The van der Waals surface area contributed by atoms with E-state index in [1.165, 1.54) is 0 Å². The van der Waals surface area contributed by atoms with Crippen LogP contribution in [0.4, 0.5) is 5.82 Å². The maximum Gasteiger partial charge on any atom is 0.335 e. The molecule has 1 heterocycles. The molecule has 18 heavy (non-hydrogen) atoms. The zero-order valence-corrected chi connectivity index (χ0v) is 10.3. The second-order valence-electron chi connectivity index (χ2n) is 3.97. The average Bonchev–Trinajstić information content (AvgIpc) is 2.71. The minimum Gasteiger partial charge on any atom is -0.478 e. The van der Waals surface area contributed by atoms with Gasteiger partial charge in [0.2, 0.25) is 0 Å². The van der Waals surface area contributed by atoms with Crippen molar-refractivity contribution in [3.05, 3.63) is 41.6 Å². The number of nitrogens with one attached hydrogen (secondary N) is 1. The number of hydrogen-bond acceptors (Lipinski definition) is 3. The summed E-state index contributed by atoms with van der Waals surface area (Å²) >= 11 is 0. The van der Waals surface area contributed by atoms with Crippen molar-refractivity contribution in [1.29, 1.82) is 0 Å². The first kappa shape index (κ1) is 12.2. The molecule has 5 heteroatoms. The van der Waals surface area contributed by atoms with Crippen LogP contribution in [-0.4, -0.2) is 27.4 Å². The van der Waals surface area contributed by atoms with E-state index >= 15 is 0 Å². The summed E-state index contributed by atoms with van der Waals surface area (Å²) in [5.41, 5.74) is 2.02. The van der Waals surface area contributed by atoms with Gasteiger partial charge in [-0.2, -0.15) is 5.10 Å². The maximum atomic E-state index is 10.8. The van der Waals surface area contributed by atoms with Crippen molar-refractivity contribution in [2.75, 3.05) is 11.9 Å². The highest BCUT2D eigenvalue weighted by Gasteiger charge is 2.08. The fourth-order valence-electron chi connectivity index (χ4n) is 1.75. The highest BCUT2D eigenvalue weighted by molar-refractivity contribution is 5.87. The van der Waals surface area contributed by atoms with Crippen molar-refractivity contribution in [1.82, 2.24) is 9.78 Å². The van der Waals surface area contributed by atoms with E-state index in [-0.39, 0.29) is 5.56 Å². The van der Waals surface area contributed by atoms with Gasteiger partial charge in [0.05, 0.1) is 16.9 Å². The lowest BCUT2D eigenvalue weighted by Crippen LogP contribution is -2.06. The number of anilines is 1. The Morgan fingerprint density at radius 1 is 1.39 bits per heavy atom. The van der Waals surface area contributed by atoms with Crippen molar-refractivity contribution in [3.8, 4) is 5.69 Å². The zero-order valence-electron chi connectivity index (χ0n) is 10.3. The van der Waals surface area contributed by atoms with Crippen LogP contribution in [-0.2, 0) is 0 Å². The summed E-state index contributed by atoms with van der Waals surface area (Å²) in [4.78, 5) is 10.8. The van der Waals surface area contributed by atoms with Crippen molar-refractivity contribution in [3.63, 3.8) is 0 Å². The van der Waals surface area contributed by atoms with E-state index in [9.17, 15) is 4.79 Å². The highest BCUT2D eigenvalue weighted by atomic mass is 16.4. The number of rotatable bonds is 4. The van der Waals surface area contributed by atoms with Crippen molar-refractivity contribution < 1.29 is 9.90 Å². The Bertz CT molecular complexity index is 558. The van der Waals surface area contributed by atoms with Crippen LogP contribution in [0.1, 0.15) is 23.0 Å². The molecule has 94 valence electrons. The number of aromatic nitrogens is 2. The van der Waals surface area contributed by atoms with Crippen LogP contribution < -0.4 is 5.32 Å². The van der Waals surface area contributed by atoms with Crippen LogP contribution in [0.5, 0.6) is 0 Å². The van der Waals surface area contributed by atoms with E-state index in [1.807, 2.05) is 19.9 Å². The van der Waals surface area contributed by atoms with E-state index in [4.69, 9.17) is 5.11 Å². The van der Waals surface area contributed by atoms with Gasteiger partial charge in [0.25, 0.3) is 0 Å². The molecule has 1 aromatic carbocycles. The second-order valence-corrected chi connectivity index (χ2v) is 3.97. The van der Waals surface area contributed by atoms with E-state index in [2.05, 4.69) is 10.4 Å². The van der Waals surface area contributed by atoms with Gasteiger partial charge in [0, 0.05) is 12.6 Å². The first-order valence-corrected chi connectivity index (χ1v) is 5.76.